The average Bonchev–Trinajstić information content (AvgIpc) is 2.52. The molecule has 3 aromatic rings. The molecule has 0 bridgehead atoms. The third kappa shape index (κ3) is 3.52. The van der Waals surface area contributed by atoms with E-state index >= 15 is 0 Å². The molecule has 0 N–H and O–H groups in total. The first-order valence-electron chi connectivity index (χ1n) is 6.74. The fourth-order valence-electron chi connectivity index (χ4n) is 2.14. The second-order valence-electron chi connectivity index (χ2n) is 4.88. The van der Waals surface area contributed by atoms with Crippen LogP contribution in [-0.4, -0.2) is 5.78 Å². The Balaban J connectivity index is 1.97. The number of halogens is 2. The summed E-state index contributed by atoms with van der Waals surface area (Å²) in [5.74, 6) is -0.444. The van der Waals surface area contributed by atoms with Crippen LogP contribution in [0, 0.1) is 0 Å². The Morgan fingerprint density at radius 1 is 1.00 bits per heavy atom. The van der Waals surface area contributed by atoms with Crippen molar-refractivity contribution < 1.29 is 9.21 Å². The van der Waals surface area contributed by atoms with Crippen LogP contribution in [0.4, 0.5) is 0 Å². The number of benzene rings is 2. The third-order valence-electron chi connectivity index (χ3n) is 3.24. The Morgan fingerprint density at radius 2 is 1.78 bits per heavy atom. The predicted molar refractivity (Wildman–Crippen MR) is 92.3 cm³/mol. The maximum atomic E-state index is 12.2. The molecule has 1 heterocycles. The van der Waals surface area contributed by atoms with Gasteiger partial charge in [0.05, 0.1) is 0 Å². The molecule has 23 heavy (non-hydrogen) atoms. The van der Waals surface area contributed by atoms with E-state index in [4.69, 9.17) is 27.6 Å². The maximum absolute atomic E-state index is 12.2. The molecule has 5 heteroatoms. The van der Waals surface area contributed by atoms with Gasteiger partial charge >= 0.3 is 5.63 Å². The highest BCUT2D eigenvalue weighted by Gasteiger charge is 2.11. The first-order chi connectivity index (χ1) is 11.0. The molecular formula is C18H10Cl2O3. The van der Waals surface area contributed by atoms with Crippen molar-refractivity contribution in [2.75, 3.05) is 0 Å². The average molecular weight is 345 g/mol. The molecule has 0 spiro atoms. The van der Waals surface area contributed by atoms with Gasteiger partial charge in [-0.25, -0.2) is 4.79 Å². The minimum absolute atomic E-state index is 0.0435. The van der Waals surface area contributed by atoms with Gasteiger partial charge < -0.3 is 4.42 Å². The normalized spacial score (nSPS) is 11.2. The lowest BCUT2D eigenvalue weighted by molar-refractivity contribution is 0.104. The van der Waals surface area contributed by atoms with Crippen LogP contribution in [0.25, 0.3) is 17.0 Å². The van der Waals surface area contributed by atoms with E-state index in [1.807, 2.05) is 0 Å². The summed E-state index contributed by atoms with van der Waals surface area (Å²) in [6.45, 7) is 0. The number of ketones is 1. The van der Waals surface area contributed by atoms with Crippen molar-refractivity contribution in [3.05, 3.63) is 86.2 Å². The Labute approximate surface area is 141 Å². The van der Waals surface area contributed by atoms with E-state index in [-0.39, 0.29) is 5.56 Å². The number of carbonyl (C=O) groups is 1. The van der Waals surface area contributed by atoms with Gasteiger partial charge in [0.15, 0.2) is 5.78 Å². The summed E-state index contributed by atoms with van der Waals surface area (Å²) < 4.78 is 5.15. The van der Waals surface area contributed by atoms with Crippen molar-refractivity contribution in [3.63, 3.8) is 0 Å². The lowest BCUT2D eigenvalue weighted by Crippen LogP contribution is -2.11. The molecule has 3 rings (SSSR count). The quantitative estimate of drug-likeness (QED) is 0.381. The minimum Gasteiger partial charge on any atom is -0.422 e. The van der Waals surface area contributed by atoms with E-state index < -0.39 is 11.4 Å². The van der Waals surface area contributed by atoms with Crippen LogP contribution in [0.1, 0.15) is 15.9 Å². The van der Waals surface area contributed by atoms with Crippen LogP contribution >= 0.6 is 23.2 Å². The summed E-state index contributed by atoms with van der Waals surface area (Å²) in [5.41, 5.74) is 0.424. The van der Waals surface area contributed by atoms with Gasteiger partial charge in [0.1, 0.15) is 11.1 Å². The lowest BCUT2D eigenvalue weighted by Gasteiger charge is -2.00. The topological polar surface area (TPSA) is 47.3 Å². The van der Waals surface area contributed by atoms with Gasteiger partial charge in [0.25, 0.3) is 0 Å². The van der Waals surface area contributed by atoms with Crippen molar-refractivity contribution in [1.82, 2.24) is 0 Å². The first-order valence-corrected chi connectivity index (χ1v) is 7.50. The molecule has 0 unspecified atom stereocenters. The molecule has 0 saturated carbocycles. The maximum Gasteiger partial charge on any atom is 0.347 e. The van der Waals surface area contributed by atoms with E-state index in [2.05, 4.69) is 0 Å². The van der Waals surface area contributed by atoms with Crippen LogP contribution in [0.15, 0.2) is 63.8 Å². The molecule has 0 aliphatic carbocycles. The SMILES string of the molecule is O=C(C=Cc1cccc(Cl)c1)c1cc2cc(Cl)ccc2oc1=O. The fourth-order valence-corrected chi connectivity index (χ4v) is 2.52. The second-order valence-corrected chi connectivity index (χ2v) is 5.76. The van der Waals surface area contributed by atoms with E-state index in [0.717, 1.165) is 5.56 Å². The summed E-state index contributed by atoms with van der Waals surface area (Å²) in [5, 5.41) is 1.66. The van der Waals surface area contributed by atoms with Gasteiger partial charge in [-0.15, -0.1) is 0 Å². The molecule has 114 valence electrons. The summed E-state index contributed by atoms with van der Waals surface area (Å²) in [7, 11) is 0. The number of allylic oxidation sites excluding steroid dienone is 1. The van der Waals surface area contributed by atoms with Crippen molar-refractivity contribution in [1.29, 1.82) is 0 Å². The van der Waals surface area contributed by atoms with Crippen LogP contribution in [0.2, 0.25) is 10.0 Å². The lowest BCUT2D eigenvalue weighted by atomic mass is 10.1. The van der Waals surface area contributed by atoms with E-state index in [1.54, 1.807) is 48.5 Å². The first kappa shape index (κ1) is 15.5. The molecule has 0 aliphatic heterocycles. The van der Waals surface area contributed by atoms with Crippen molar-refractivity contribution in [2.45, 2.75) is 0 Å². The molecule has 3 nitrogen and oxygen atoms in total. The zero-order valence-electron chi connectivity index (χ0n) is 11.8. The Bertz CT molecular complexity index is 987. The summed E-state index contributed by atoms with van der Waals surface area (Å²) in [6, 6.07) is 13.4. The number of fused-ring (bicyclic) bond motifs is 1. The zero-order valence-corrected chi connectivity index (χ0v) is 13.3. The van der Waals surface area contributed by atoms with Crippen molar-refractivity contribution in [2.24, 2.45) is 0 Å². The number of hydrogen-bond acceptors (Lipinski definition) is 3. The Kier molecular flexibility index (Phi) is 4.33. The monoisotopic (exact) mass is 344 g/mol. The van der Waals surface area contributed by atoms with E-state index in [1.165, 1.54) is 12.1 Å². The Morgan fingerprint density at radius 3 is 2.57 bits per heavy atom. The summed E-state index contributed by atoms with van der Waals surface area (Å²) in [6.07, 6.45) is 2.91. The number of hydrogen-bond donors (Lipinski definition) is 0. The van der Waals surface area contributed by atoms with Gasteiger partial charge in [-0.05, 0) is 48.0 Å². The molecular weight excluding hydrogens is 335 g/mol. The van der Waals surface area contributed by atoms with Crippen molar-refractivity contribution in [3.8, 4) is 0 Å². The van der Waals surface area contributed by atoms with Crippen molar-refractivity contribution >= 4 is 46.0 Å². The molecule has 0 atom stereocenters. The van der Waals surface area contributed by atoms with Gasteiger partial charge in [-0.3, -0.25) is 4.79 Å². The highest BCUT2D eigenvalue weighted by Crippen LogP contribution is 2.19. The third-order valence-corrected chi connectivity index (χ3v) is 3.71. The smallest absolute Gasteiger partial charge is 0.347 e. The second kappa shape index (κ2) is 6.41. The van der Waals surface area contributed by atoms with E-state index in [9.17, 15) is 9.59 Å². The molecule has 0 saturated heterocycles. The number of rotatable bonds is 3. The van der Waals surface area contributed by atoms with Crippen LogP contribution in [0.5, 0.6) is 0 Å². The highest BCUT2D eigenvalue weighted by molar-refractivity contribution is 6.31. The van der Waals surface area contributed by atoms with Gasteiger partial charge in [-0.1, -0.05) is 41.4 Å². The predicted octanol–water partition coefficient (Wildman–Crippen LogP) is 5.00. The largest absolute Gasteiger partial charge is 0.422 e. The summed E-state index contributed by atoms with van der Waals surface area (Å²) in [4.78, 5) is 24.2. The van der Waals surface area contributed by atoms with Crippen LogP contribution in [-0.2, 0) is 0 Å². The fraction of sp³-hybridized carbons (Fsp3) is 0. The molecule has 0 amide bonds. The van der Waals surface area contributed by atoms with Gasteiger partial charge in [-0.2, -0.15) is 0 Å². The highest BCUT2D eigenvalue weighted by atomic mass is 35.5. The van der Waals surface area contributed by atoms with Gasteiger partial charge in [0.2, 0.25) is 0 Å². The molecule has 0 fully saturated rings. The minimum atomic E-state index is -0.680. The number of carbonyl (C=O) groups excluding carboxylic acids is 1. The standard InChI is InChI=1S/C18H10Cl2O3/c19-13-3-1-2-11(8-13)4-6-16(21)15-10-12-9-14(20)5-7-17(12)23-18(15)22/h1-10H. The zero-order chi connectivity index (χ0) is 16.4. The molecule has 2 aromatic carbocycles. The summed E-state index contributed by atoms with van der Waals surface area (Å²) >= 11 is 11.8. The van der Waals surface area contributed by atoms with Crippen LogP contribution < -0.4 is 5.63 Å². The van der Waals surface area contributed by atoms with Crippen LogP contribution in [0.3, 0.4) is 0 Å². The molecule has 0 radical (unpaired) electrons. The Hall–Kier alpha value is -2.36. The molecule has 1 aromatic heterocycles. The molecule has 0 aliphatic rings. The van der Waals surface area contributed by atoms with E-state index in [0.29, 0.717) is 21.0 Å². The van der Waals surface area contributed by atoms with Gasteiger partial charge in [0, 0.05) is 15.4 Å².